The zero-order valence-electron chi connectivity index (χ0n) is 18.7. The van der Waals surface area contributed by atoms with Gasteiger partial charge < -0.3 is 15.5 Å². The third-order valence-corrected chi connectivity index (χ3v) is 6.40. The van der Waals surface area contributed by atoms with Gasteiger partial charge in [0.1, 0.15) is 5.82 Å². The van der Waals surface area contributed by atoms with Gasteiger partial charge in [0, 0.05) is 43.5 Å². The number of nitrogens with one attached hydrogen (secondary N) is 2. The van der Waals surface area contributed by atoms with Gasteiger partial charge in [0.2, 0.25) is 11.9 Å². The fourth-order valence-corrected chi connectivity index (χ4v) is 4.61. The molecule has 32 heavy (non-hydrogen) atoms. The summed E-state index contributed by atoms with van der Waals surface area (Å²) in [4.78, 5) is 32.3. The third kappa shape index (κ3) is 5.64. The summed E-state index contributed by atoms with van der Waals surface area (Å²) in [6.45, 7) is 1.92. The van der Waals surface area contributed by atoms with Crippen molar-refractivity contribution < 1.29 is 4.79 Å². The van der Waals surface area contributed by atoms with Crippen LogP contribution in [0.25, 0.3) is 10.9 Å². The van der Waals surface area contributed by atoms with E-state index in [9.17, 15) is 4.79 Å². The van der Waals surface area contributed by atoms with Crippen LogP contribution in [0, 0.1) is 6.92 Å². The average molecular weight is 452 g/mol. The van der Waals surface area contributed by atoms with E-state index in [0.717, 1.165) is 48.1 Å². The standard InChI is InChI=1S/C23H29N7OS/c1-15-12-13-24-23(25-15)32-14-20(31)26-16-8-10-17(11-9-16)27-22-28-19-7-5-4-6-18(19)21(29-22)30(2)3/h4-7,12-13,16-17H,8-11,14H2,1-3H3,(H,26,31)(H,27,28,29). The highest BCUT2D eigenvalue weighted by Crippen LogP contribution is 2.26. The van der Waals surface area contributed by atoms with Crippen molar-refractivity contribution in [1.82, 2.24) is 25.3 Å². The van der Waals surface area contributed by atoms with Gasteiger partial charge in [0.05, 0.1) is 11.3 Å². The largest absolute Gasteiger partial charge is 0.362 e. The van der Waals surface area contributed by atoms with Crippen molar-refractivity contribution in [1.29, 1.82) is 0 Å². The zero-order chi connectivity index (χ0) is 22.5. The van der Waals surface area contributed by atoms with Gasteiger partial charge in [-0.25, -0.2) is 15.0 Å². The number of fused-ring (bicyclic) bond motifs is 1. The predicted octanol–water partition coefficient (Wildman–Crippen LogP) is 3.43. The maximum atomic E-state index is 12.3. The lowest BCUT2D eigenvalue weighted by atomic mass is 9.91. The Bertz CT molecular complexity index is 1080. The first-order chi connectivity index (χ1) is 15.5. The molecule has 3 aromatic rings. The van der Waals surface area contributed by atoms with Crippen molar-refractivity contribution in [2.45, 2.75) is 49.8 Å². The van der Waals surface area contributed by atoms with Gasteiger partial charge in [-0.2, -0.15) is 4.98 Å². The molecule has 0 radical (unpaired) electrons. The van der Waals surface area contributed by atoms with Crippen molar-refractivity contribution in [2.24, 2.45) is 0 Å². The average Bonchev–Trinajstić information content (AvgIpc) is 2.78. The van der Waals surface area contributed by atoms with Crippen molar-refractivity contribution >= 4 is 40.3 Å². The second-order valence-corrected chi connectivity index (χ2v) is 9.25. The van der Waals surface area contributed by atoms with E-state index in [1.165, 1.54) is 11.8 Å². The predicted molar refractivity (Wildman–Crippen MR) is 129 cm³/mol. The van der Waals surface area contributed by atoms with Crippen LogP contribution in [0.5, 0.6) is 0 Å². The normalized spacial score (nSPS) is 18.3. The van der Waals surface area contributed by atoms with Crippen LogP contribution in [0.1, 0.15) is 31.4 Å². The molecule has 2 aromatic heterocycles. The first-order valence-corrected chi connectivity index (χ1v) is 11.9. The Labute approximate surface area is 192 Å². The van der Waals surface area contributed by atoms with Gasteiger partial charge in [-0.15, -0.1) is 0 Å². The maximum Gasteiger partial charge on any atom is 0.230 e. The van der Waals surface area contributed by atoms with Crippen LogP contribution >= 0.6 is 11.8 Å². The first-order valence-electron chi connectivity index (χ1n) is 10.9. The molecule has 0 spiro atoms. The van der Waals surface area contributed by atoms with Gasteiger partial charge in [-0.3, -0.25) is 4.79 Å². The first kappa shape index (κ1) is 22.3. The highest BCUT2D eigenvalue weighted by Gasteiger charge is 2.23. The number of hydrogen-bond acceptors (Lipinski definition) is 8. The molecule has 1 aliphatic carbocycles. The van der Waals surface area contributed by atoms with Gasteiger partial charge in [0.25, 0.3) is 0 Å². The van der Waals surface area contributed by atoms with E-state index in [-0.39, 0.29) is 11.9 Å². The highest BCUT2D eigenvalue weighted by atomic mass is 32.2. The number of aromatic nitrogens is 4. The summed E-state index contributed by atoms with van der Waals surface area (Å²) in [5, 5.41) is 8.35. The molecule has 1 aliphatic rings. The molecule has 0 unspecified atom stereocenters. The Morgan fingerprint density at radius 1 is 1.06 bits per heavy atom. The fourth-order valence-electron chi connectivity index (χ4n) is 3.92. The Morgan fingerprint density at radius 2 is 1.81 bits per heavy atom. The zero-order valence-corrected chi connectivity index (χ0v) is 19.5. The lowest BCUT2D eigenvalue weighted by Gasteiger charge is -2.30. The number of thioether (sulfide) groups is 1. The lowest BCUT2D eigenvalue weighted by Crippen LogP contribution is -2.41. The number of aryl methyl sites for hydroxylation is 1. The Balaban J connectivity index is 1.28. The Hall–Kier alpha value is -2.94. The van der Waals surface area contributed by atoms with Crippen molar-refractivity contribution in [2.75, 3.05) is 30.1 Å². The van der Waals surface area contributed by atoms with Crippen LogP contribution < -0.4 is 15.5 Å². The van der Waals surface area contributed by atoms with Crippen molar-refractivity contribution in [3.63, 3.8) is 0 Å². The van der Waals surface area contributed by atoms with E-state index in [0.29, 0.717) is 22.9 Å². The molecule has 1 saturated carbocycles. The minimum Gasteiger partial charge on any atom is -0.362 e. The second kappa shape index (κ2) is 10.1. The van der Waals surface area contributed by atoms with E-state index in [4.69, 9.17) is 9.97 Å². The summed E-state index contributed by atoms with van der Waals surface area (Å²) in [5.41, 5.74) is 1.84. The maximum absolute atomic E-state index is 12.3. The molecule has 168 valence electrons. The molecular weight excluding hydrogens is 422 g/mol. The molecule has 8 nitrogen and oxygen atoms in total. The summed E-state index contributed by atoms with van der Waals surface area (Å²) in [5.74, 6) is 1.94. The number of para-hydroxylation sites is 1. The molecule has 0 bridgehead atoms. The van der Waals surface area contributed by atoms with Crippen molar-refractivity contribution in [3.8, 4) is 0 Å². The van der Waals surface area contributed by atoms with Gasteiger partial charge in [-0.05, 0) is 50.8 Å². The van der Waals surface area contributed by atoms with Crippen LogP contribution in [0.3, 0.4) is 0 Å². The molecule has 0 aliphatic heterocycles. The summed E-state index contributed by atoms with van der Waals surface area (Å²) in [7, 11) is 3.99. The molecule has 2 heterocycles. The number of rotatable bonds is 7. The molecule has 1 fully saturated rings. The number of hydrogen-bond donors (Lipinski definition) is 2. The fraction of sp³-hybridized carbons (Fsp3) is 0.435. The minimum atomic E-state index is 0.0324. The number of carbonyl (C=O) groups excluding carboxylic acids is 1. The summed E-state index contributed by atoms with van der Waals surface area (Å²) in [6.07, 6.45) is 5.52. The molecule has 1 aromatic carbocycles. The number of carbonyl (C=O) groups is 1. The van der Waals surface area contributed by atoms with Crippen LogP contribution in [0.15, 0.2) is 41.7 Å². The van der Waals surface area contributed by atoms with Crippen molar-refractivity contribution in [3.05, 3.63) is 42.2 Å². The summed E-state index contributed by atoms with van der Waals surface area (Å²) in [6, 6.07) is 10.4. The second-order valence-electron chi connectivity index (χ2n) is 8.31. The third-order valence-electron chi connectivity index (χ3n) is 5.54. The topological polar surface area (TPSA) is 95.9 Å². The van der Waals surface area contributed by atoms with Gasteiger partial charge >= 0.3 is 0 Å². The molecule has 2 N–H and O–H groups in total. The number of benzene rings is 1. The number of anilines is 2. The monoisotopic (exact) mass is 451 g/mol. The number of amides is 1. The van der Waals surface area contributed by atoms with Crippen LogP contribution in [-0.2, 0) is 4.79 Å². The van der Waals surface area contributed by atoms with E-state index < -0.39 is 0 Å². The van der Waals surface area contributed by atoms with Gasteiger partial charge in [-0.1, -0.05) is 23.9 Å². The smallest absolute Gasteiger partial charge is 0.230 e. The van der Waals surface area contributed by atoms with Crippen LogP contribution in [-0.4, -0.2) is 57.8 Å². The van der Waals surface area contributed by atoms with E-state index in [1.54, 1.807) is 6.20 Å². The lowest BCUT2D eigenvalue weighted by molar-refractivity contribution is -0.119. The molecule has 1 amide bonds. The SMILES string of the molecule is Cc1ccnc(SCC(=O)NC2CCC(Nc3nc(N(C)C)c4ccccc4n3)CC2)n1. The van der Waals surface area contributed by atoms with E-state index in [2.05, 4.69) is 20.6 Å². The minimum absolute atomic E-state index is 0.0324. The van der Waals surface area contributed by atoms with Gasteiger partial charge in [0.15, 0.2) is 5.16 Å². The number of nitrogens with zero attached hydrogens (tertiary/aromatic N) is 5. The van der Waals surface area contributed by atoms with Crippen LogP contribution in [0.4, 0.5) is 11.8 Å². The summed E-state index contributed by atoms with van der Waals surface area (Å²) >= 11 is 1.37. The Morgan fingerprint density at radius 3 is 2.56 bits per heavy atom. The molecular formula is C23H29N7OS. The summed E-state index contributed by atoms with van der Waals surface area (Å²) < 4.78 is 0. The molecule has 0 atom stereocenters. The van der Waals surface area contributed by atoms with E-state index in [1.807, 2.05) is 56.3 Å². The highest BCUT2D eigenvalue weighted by molar-refractivity contribution is 7.99. The molecule has 4 rings (SSSR count). The molecule has 9 heteroatoms. The van der Waals surface area contributed by atoms with Crippen LogP contribution in [0.2, 0.25) is 0 Å². The Kier molecular flexibility index (Phi) is 7.04. The molecule has 0 saturated heterocycles. The van der Waals surface area contributed by atoms with E-state index >= 15 is 0 Å². The quantitative estimate of drug-likeness (QED) is 0.417.